The fourth-order valence-corrected chi connectivity index (χ4v) is 2.78. The molecule has 2 N–H and O–H groups in total. The van der Waals surface area contributed by atoms with Crippen molar-refractivity contribution < 1.29 is 37.0 Å². The molecule has 1 fully saturated rings. The Morgan fingerprint density at radius 1 is 1.43 bits per heavy atom. The van der Waals surface area contributed by atoms with Crippen molar-refractivity contribution in [1.82, 2.24) is 15.5 Å². The van der Waals surface area contributed by atoms with E-state index >= 15 is 0 Å². The Hall–Kier alpha value is -2.82. The van der Waals surface area contributed by atoms with Crippen molar-refractivity contribution in [1.29, 1.82) is 0 Å². The molecule has 28 heavy (non-hydrogen) atoms. The maximum atomic E-state index is 12.3. The number of nitrogens with one attached hydrogen (secondary N) is 2. The number of aromatic nitrogens is 2. The van der Waals surface area contributed by atoms with Crippen LogP contribution in [0.2, 0.25) is 0 Å². The van der Waals surface area contributed by atoms with Crippen molar-refractivity contribution in [3.8, 4) is 5.75 Å². The first-order valence-electron chi connectivity index (χ1n) is 8.57. The standard InChI is InChI=1S/C17H18F3N3O5/c1-9(15(24)21-8-11-3-2-6-26-11)27-16(25)14-12-5-4-10(28-17(18,19)20)7-13(12)22-23-14/h4-5,7,9,11H,2-3,6,8H2,1H3,(H,21,24)(H,22,23). The van der Waals surface area contributed by atoms with Gasteiger partial charge in [0.05, 0.1) is 11.6 Å². The summed E-state index contributed by atoms with van der Waals surface area (Å²) in [4.78, 5) is 24.3. The number of amides is 1. The van der Waals surface area contributed by atoms with Gasteiger partial charge in [-0.25, -0.2) is 4.79 Å². The van der Waals surface area contributed by atoms with Crippen LogP contribution in [0.15, 0.2) is 18.2 Å². The minimum absolute atomic E-state index is 0.0461. The molecule has 0 saturated carbocycles. The summed E-state index contributed by atoms with van der Waals surface area (Å²) in [5, 5.41) is 9.10. The zero-order valence-electron chi connectivity index (χ0n) is 14.8. The van der Waals surface area contributed by atoms with E-state index in [9.17, 15) is 22.8 Å². The van der Waals surface area contributed by atoms with Crippen LogP contribution in [0.25, 0.3) is 10.9 Å². The first kappa shape index (κ1) is 19.9. The third kappa shape index (κ3) is 4.91. The summed E-state index contributed by atoms with van der Waals surface area (Å²) in [6.45, 7) is 2.40. The molecule has 0 aliphatic carbocycles. The van der Waals surface area contributed by atoms with E-state index in [0.29, 0.717) is 13.2 Å². The summed E-state index contributed by atoms with van der Waals surface area (Å²) in [6, 6.07) is 3.36. The molecular weight excluding hydrogens is 383 g/mol. The van der Waals surface area contributed by atoms with Crippen LogP contribution in [-0.4, -0.2) is 53.8 Å². The van der Waals surface area contributed by atoms with Gasteiger partial charge in [0.2, 0.25) is 0 Å². The molecule has 2 aromatic rings. The van der Waals surface area contributed by atoms with E-state index in [2.05, 4.69) is 20.3 Å². The van der Waals surface area contributed by atoms with Crippen LogP contribution in [0, 0.1) is 0 Å². The Labute approximate surface area is 157 Å². The van der Waals surface area contributed by atoms with Crippen LogP contribution < -0.4 is 10.1 Å². The van der Waals surface area contributed by atoms with Crippen molar-refractivity contribution in [2.75, 3.05) is 13.2 Å². The molecule has 1 aromatic heterocycles. The van der Waals surface area contributed by atoms with Crippen LogP contribution in [0.4, 0.5) is 13.2 Å². The van der Waals surface area contributed by atoms with Gasteiger partial charge >= 0.3 is 12.3 Å². The summed E-state index contributed by atoms with van der Waals surface area (Å²) in [6.07, 6.45) is -4.16. The van der Waals surface area contributed by atoms with Crippen molar-refractivity contribution in [2.45, 2.75) is 38.3 Å². The van der Waals surface area contributed by atoms with Crippen LogP contribution in [0.1, 0.15) is 30.3 Å². The van der Waals surface area contributed by atoms with E-state index in [1.54, 1.807) is 0 Å². The zero-order valence-corrected chi connectivity index (χ0v) is 14.8. The number of hydrogen-bond donors (Lipinski definition) is 2. The Kier molecular flexibility index (Phi) is 5.73. The quantitative estimate of drug-likeness (QED) is 0.720. The number of fused-ring (bicyclic) bond motifs is 1. The van der Waals surface area contributed by atoms with E-state index in [0.717, 1.165) is 25.0 Å². The lowest BCUT2D eigenvalue weighted by Gasteiger charge is -2.15. The Bertz CT molecular complexity index is 861. The third-order valence-corrected chi connectivity index (χ3v) is 4.14. The number of esters is 1. The van der Waals surface area contributed by atoms with Gasteiger partial charge in [0.1, 0.15) is 5.75 Å². The van der Waals surface area contributed by atoms with Crippen LogP contribution in [0.3, 0.4) is 0 Å². The number of rotatable bonds is 6. The summed E-state index contributed by atoms with van der Waals surface area (Å²) < 4.78 is 51.2. The monoisotopic (exact) mass is 401 g/mol. The van der Waals surface area contributed by atoms with Crippen LogP contribution in [-0.2, 0) is 14.3 Å². The highest BCUT2D eigenvalue weighted by Gasteiger charge is 2.31. The van der Waals surface area contributed by atoms with Gasteiger partial charge in [-0.05, 0) is 31.9 Å². The van der Waals surface area contributed by atoms with Gasteiger partial charge in [-0.1, -0.05) is 0 Å². The van der Waals surface area contributed by atoms with Gasteiger partial charge in [0.15, 0.2) is 11.8 Å². The molecule has 0 radical (unpaired) electrons. The number of aromatic amines is 1. The molecule has 2 heterocycles. The second-order valence-electron chi connectivity index (χ2n) is 6.26. The smallest absolute Gasteiger partial charge is 0.448 e. The topological polar surface area (TPSA) is 103 Å². The van der Waals surface area contributed by atoms with E-state index in [4.69, 9.17) is 9.47 Å². The van der Waals surface area contributed by atoms with Crippen molar-refractivity contribution in [3.05, 3.63) is 23.9 Å². The third-order valence-electron chi connectivity index (χ3n) is 4.14. The molecule has 1 aliphatic heterocycles. The van der Waals surface area contributed by atoms with Gasteiger partial charge in [-0.3, -0.25) is 9.89 Å². The van der Waals surface area contributed by atoms with Gasteiger partial charge in [0, 0.05) is 24.6 Å². The molecule has 3 rings (SSSR count). The highest BCUT2D eigenvalue weighted by Crippen LogP contribution is 2.27. The number of nitrogens with zero attached hydrogens (tertiary/aromatic N) is 1. The Morgan fingerprint density at radius 3 is 2.89 bits per heavy atom. The number of hydrogen-bond acceptors (Lipinski definition) is 6. The summed E-state index contributed by atoms with van der Waals surface area (Å²) in [7, 11) is 0. The lowest BCUT2D eigenvalue weighted by atomic mass is 10.2. The van der Waals surface area contributed by atoms with Gasteiger partial charge in [-0.15, -0.1) is 13.2 Å². The van der Waals surface area contributed by atoms with Gasteiger partial charge < -0.3 is 19.5 Å². The Balaban J connectivity index is 1.61. The maximum Gasteiger partial charge on any atom is 0.573 e. The number of carbonyl (C=O) groups is 2. The normalized spacial score (nSPS) is 18.1. The number of alkyl halides is 3. The first-order valence-corrected chi connectivity index (χ1v) is 8.57. The molecule has 0 bridgehead atoms. The SMILES string of the molecule is CC(OC(=O)c1n[nH]c2cc(OC(F)(F)F)ccc12)C(=O)NCC1CCCO1. The van der Waals surface area contributed by atoms with Crippen LogP contribution >= 0.6 is 0 Å². The molecule has 2 unspecified atom stereocenters. The van der Waals surface area contributed by atoms with Crippen molar-refractivity contribution in [2.24, 2.45) is 0 Å². The number of carbonyl (C=O) groups excluding carboxylic acids is 2. The highest BCUT2D eigenvalue weighted by molar-refractivity contribution is 6.03. The van der Waals surface area contributed by atoms with Gasteiger partial charge in [0.25, 0.3) is 5.91 Å². The van der Waals surface area contributed by atoms with E-state index in [1.807, 2.05) is 0 Å². The number of H-pyrrole nitrogens is 1. The highest BCUT2D eigenvalue weighted by atomic mass is 19.4. The lowest BCUT2D eigenvalue weighted by molar-refractivity contribution is -0.274. The minimum atomic E-state index is -4.83. The summed E-state index contributed by atoms with van der Waals surface area (Å²) in [5.41, 5.74) is 0.0107. The number of halogens is 3. The second-order valence-corrected chi connectivity index (χ2v) is 6.26. The zero-order chi connectivity index (χ0) is 20.3. The largest absolute Gasteiger partial charge is 0.573 e. The minimum Gasteiger partial charge on any atom is -0.448 e. The van der Waals surface area contributed by atoms with Crippen molar-refractivity contribution in [3.63, 3.8) is 0 Å². The fraction of sp³-hybridized carbons (Fsp3) is 0.471. The van der Waals surface area contributed by atoms with E-state index < -0.39 is 30.1 Å². The molecule has 0 spiro atoms. The molecule has 8 nitrogen and oxygen atoms in total. The van der Waals surface area contributed by atoms with Crippen LogP contribution in [0.5, 0.6) is 5.75 Å². The molecule has 2 atom stereocenters. The average Bonchev–Trinajstić information content (AvgIpc) is 3.27. The number of benzene rings is 1. The molecule has 1 amide bonds. The molecular formula is C17H18F3N3O5. The molecule has 1 aliphatic rings. The predicted molar refractivity (Wildman–Crippen MR) is 89.6 cm³/mol. The Morgan fingerprint density at radius 2 is 2.21 bits per heavy atom. The molecule has 11 heteroatoms. The molecule has 1 aromatic carbocycles. The fourth-order valence-electron chi connectivity index (χ4n) is 2.78. The summed E-state index contributed by atoms with van der Waals surface area (Å²) in [5.74, 6) is -1.81. The lowest BCUT2D eigenvalue weighted by Crippen LogP contribution is -2.39. The van der Waals surface area contributed by atoms with Crippen molar-refractivity contribution >= 4 is 22.8 Å². The number of ether oxygens (including phenoxy) is 3. The maximum absolute atomic E-state index is 12.3. The first-order chi connectivity index (χ1) is 13.2. The van der Waals surface area contributed by atoms with E-state index in [1.165, 1.54) is 13.0 Å². The van der Waals surface area contributed by atoms with E-state index in [-0.39, 0.29) is 22.7 Å². The van der Waals surface area contributed by atoms with Gasteiger partial charge in [-0.2, -0.15) is 5.10 Å². The predicted octanol–water partition coefficient (Wildman–Crippen LogP) is 2.30. The average molecular weight is 401 g/mol. The summed E-state index contributed by atoms with van der Waals surface area (Å²) >= 11 is 0. The second kappa shape index (κ2) is 8.05. The molecule has 152 valence electrons. The molecule has 1 saturated heterocycles.